The van der Waals surface area contributed by atoms with Gasteiger partial charge < -0.3 is 14.3 Å². The molecule has 1 aromatic carbocycles. The SMILES string of the molecule is COc1cc(C)[nH]c(=O)c1CCC(=O)c1c(C)n([C@H](C)C2CCN(Cc3ccccn3)CC2)c2ccccc12. The van der Waals surface area contributed by atoms with Crippen LogP contribution in [0, 0.1) is 19.8 Å². The minimum atomic E-state index is -0.193. The molecule has 1 fully saturated rings. The number of ketones is 1. The monoisotopic (exact) mass is 526 g/mol. The fourth-order valence-corrected chi connectivity index (χ4v) is 6.26. The highest BCUT2D eigenvalue weighted by molar-refractivity contribution is 6.09. The molecule has 1 atom stereocenters. The number of piperidine rings is 1. The van der Waals surface area contributed by atoms with Crippen LogP contribution in [-0.2, 0) is 13.0 Å². The third-order valence-electron chi connectivity index (χ3n) is 8.32. The zero-order valence-corrected chi connectivity index (χ0v) is 23.4. The van der Waals surface area contributed by atoms with Gasteiger partial charge in [-0.2, -0.15) is 0 Å². The quantitative estimate of drug-likeness (QED) is 0.286. The summed E-state index contributed by atoms with van der Waals surface area (Å²) >= 11 is 0. The van der Waals surface area contributed by atoms with Crippen LogP contribution >= 0.6 is 0 Å². The number of methoxy groups -OCH3 is 1. The number of likely N-dealkylation sites (tertiary alicyclic amines) is 1. The molecule has 7 nitrogen and oxygen atoms in total. The van der Waals surface area contributed by atoms with E-state index in [1.54, 1.807) is 7.11 Å². The van der Waals surface area contributed by atoms with Gasteiger partial charge in [0.25, 0.3) is 5.56 Å². The standard InChI is InChI=1S/C32H38N4O3/c1-21-19-30(39-4)27(32(38)34-21)12-13-29(37)31-23(3)36(28-11-6-5-10-26(28)31)22(2)24-14-17-35(18-15-24)20-25-9-7-8-16-33-25/h5-11,16,19,22,24H,12-15,17-18,20H2,1-4H3,(H,34,38)/t22-/m1/s1. The van der Waals surface area contributed by atoms with Crippen LogP contribution in [0.25, 0.3) is 10.9 Å². The summed E-state index contributed by atoms with van der Waals surface area (Å²) in [5, 5.41) is 0.990. The van der Waals surface area contributed by atoms with Crippen molar-refractivity contribution >= 4 is 16.7 Å². The first-order chi connectivity index (χ1) is 18.9. The molecule has 0 spiro atoms. The predicted molar refractivity (Wildman–Crippen MR) is 155 cm³/mol. The molecule has 5 rings (SSSR count). The Labute approximate surface area is 229 Å². The number of aromatic amines is 1. The molecular formula is C32H38N4O3. The lowest BCUT2D eigenvalue weighted by Crippen LogP contribution is -2.36. The Morgan fingerprint density at radius 1 is 1.13 bits per heavy atom. The van der Waals surface area contributed by atoms with Gasteiger partial charge in [0.15, 0.2) is 5.78 Å². The average molecular weight is 527 g/mol. The van der Waals surface area contributed by atoms with Crippen molar-refractivity contribution in [3.05, 3.63) is 93.3 Å². The largest absolute Gasteiger partial charge is 0.496 e. The van der Waals surface area contributed by atoms with Crippen LogP contribution in [0.1, 0.15) is 65.2 Å². The van der Waals surface area contributed by atoms with Gasteiger partial charge in [0.05, 0.1) is 18.4 Å². The molecule has 204 valence electrons. The summed E-state index contributed by atoms with van der Waals surface area (Å²) < 4.78 is 7.82. The molecule has 1 saturated heterocycles. The van der Waals surface area contributed by atoms with E-state index in [4.69, 9.17) is 4.74 Å². The molecule has 1 aliphatic heterocycles. The molecule has 0 aliphatic carbocycles. The van der Waals surface area contributed by atoms with Crippen LogP contribution in [0.3, 0.4) is 0 Å². The number of fused-ring (bicyclic) bond motifs is 1. The van der Waals surface area contributed by atoms with Crippen molar-refractivity contribution in [2.24, 2.45) is 5.92 Å². The van der Waals surface area contributed by atoms with Crippen LogP contribution in [0.2, 0.25) is 0 Å². The molecule has 4 heterocycles. The van der Waals surface area contributed by atoms with Crippen LogP contribution in [-0.4, -0.2) is 45.4 Å². The van der Waals surface area contributed by atoms with E-state index >= 15 is 0 Å². The highest BCUT2D eigenvalue weighted by Gasteiger charge is 2.29. The molecule has 0 saturated carbocycles. The first-order valence-electron chi connectivity index (χ1n) is 13.9. The number of hydrogen-bond donors (Lipinski definition) is 1. The van der Waals surface area contributed by atoms with Gasteiger partial charge in [-0.15, -0.1) is 0 Å². The number of ether oxygens (including phenoxy) is 1. The Morgan fingerprint density at radius 2 is 1.87 bits per heavy atom. The Kier molecular flexibility index (Phi) is 7.98. The number of aryl methyl sites for hydroxylation is 1. The minimum Gasteiger partial charge on any atom is -0.496 e. The van der Waals surface area contributed by atoms with E-state index in [9.17, 15) is 9.59 Å². The van der Waals surface area contributed by atoms with E-state index in [-0.39, 0.29) is 23.8 Å². The minimum absolute atomic E-state index is 0.0573. The number of para-hydroxylation sites is 1. The number of carbonyl (C=O) groups is 1. The van der Waals surface area contributed by atoms with E-state index < -0.39 is 0 Å². The summed E-state index contributed by atoms with van der Waals surface area (Å²) in [6.07, 6.45) is 4.66. The van der Waals surface area contributed by atoms with E-state index in [1.807, 2.05) is 49.5 Å². The Bertz CT molecular complexity index is 1510. The maximum Gasteiger partial charge on any atom is 0.255 e. The molecule has 39 heavy (non-hydrogen) atoms. The zero-order chi connectivity index (χ0) is 27.5. The lowest BCUT2D eigenvalue weighted by atomic mass is 9.89. The number of nitrogens with one attached hydrogen (secondary N) is 1. The topological polar surface area (TPSA) is 80.2 Å². The Hall–Kier alpha value is -3.71. The van der Waals surface area contributed by atoms with Gasteiger partial charge in [-0.05, 0) is 83.3 Å². The number of nitrogens with zero attached hydrogens (tertiary/aromatic N) is 3. The lowest BCUT2D eigenvalue weighted by molar-refractivity contribution is 0.0983. The second kappa shape index (κ2) is 11.6. The highest BCUT2D eigenvalue weighted by Crippen LogP contribution is 2.36. The molecule has 0 bridgehead atoms. The van der Waals surface area contributed by atoms with Crippen LogP contribution in [0.5, 0.6) is 5.75 Å². The third kappa shape index (κ3) is 5.55. The molecular weight excluding hydrogens is 488 g/mol. The highest BCUT2D eigenvalue weighted by atomic mass is 16.5. The number of H-pyrrole nitrogens is 1. The van der Waals surface area contributed by atoms with E-state index in [2.05, 4.69) is 45.4 Å². The van der Waals surface area contributed by atoms with Crippen LogP contribution in [0.15, 0.2) is 59.5 Å². The van der Waals surface area contributed by atoms with Crippen molar-refractivity contribution in [1.29, 1.82) is 0 Å². The fourth-order valence-electron chi connectivity index (χ4n) is 6.26. The first kappa shape index (κ1) is 26.9. The van der Waals surface area contributed by atoms with Gasteiger partial charge in [-0.25, -0.2) is 0 Å². The van der Waals surface area contributed by atoms with Crippen molar-refractivity contribution in [2.75, 3.05) is 20.2 Å². The zero-order valence-electron chi connectivity index (χ0n) is 23.4. The maximum atomic E-state index is 13.7. The number of aromatic nitrogens is 3. The van der Waals surface area contributed by atoms with Gasteiger partial charge in [-0.1, -0.05) is 24.3 Å². The first-order valence-corrected chi connectivity index (χ1v) is 13.9. The second-order valence-electron chi connectivity index (χ2n) is 10.8. The fraction of sp³-hybridized carbons (Fsp3) is 0.406. The second-order valence-corrected chi connectivity index (χ2v) is 10.8. The number of hydrogen-bond acceptors (Lipinski definition) is 5. The van der Waals surface area contributed by atoms with Crippen LogP contribution in [0.4, 0.5) is 0 Å². The van der Waals surface area contributed by atoms with E-state index in [0.717, 1.165) is 66.0 Å². The summed E-state index contributed by atoms with van der Waals surface area (Å²) in [5.41, 5.74) is 5.06. The van der Waals surface area contributed by atoms with Gasteiger partial charge >= 0.3 is 0 Å². The third-order valence-corrected chi connectivity index (χ3v) is 8.32. The molecule has 1 N–H and O–H groups in total. The molecule has 7 heteroatoms. The van der Waals surface area contributed by atoms with Gasteiger partial charge in [0.2, 0.25) is 0 Å². The van der Waals surface area contributed by atoms with Crippen molar-refractivity contribution in [2.45, 2.75) is 59.0 Å². The Balaban J connectivity index is 1.35. The van der Waals surface area contributed by atoms with E-state index in [1.165, 1.54) is 0 Å². The summed E-state index contributed by atoms with van der Waals surface area (Å²) in [4.78, 5) is 36.1. The number of carbonyl (C=O) groups excluding carboxylic acids is 1. The predicted octanol–water partition coefficient (Wildman–Crippen LogP) is 5.64. The van der Waals surface area contributed by atoms with Gasteiger partial charge in [0.1, 0.15) is 5.75 Å². The summed E-state index contributed by atoms with van der Waals surface area (Å²) in [6.45, 7) is 9.16. The summed E-state index contributed by atoms with van der Waals surface area (Å²) in [5.74, 6) is 1.12. The van der Waals surface area contributed by atoms with Gasteiger partial charge in [-0.3, -0.25) is 19.5 Å². The van der Waals surface area contributed by atoms with Crippen molar-refractivity contribution in [3.8, 4) is 5.75 Å². The number of benzene rings is 1. The maximum absolute atomic E-state index is 13.7. The normalized spacial score (nSPS) is 15.5. The van der Waals surface area contributed by atoms with Crippen molar-refractivity contribution < 1.29 is 9.53 Å². The molecule has 3 aromatic heterocycles. The molecule has 0 radical (unpaired) electrons. The molecule has 0 unspecified atom stereocenters. The van der Waals surface area contributed by atoms with Gasteiger partial charge in [0, 0.05) is 53.1 Å². The smallest absolute Gasteiger partial charge is 0.255 e. The number of pyridine rings is 2. The van der Waals surface area contributed by atoms with E-state index in [0.29, 0.717) is 23.7 Å². The lowest BCUT2D eigenvalue weighted by Gasteiger charge is -2.36. The summed E-state index contributed by atoms with van der Waals surface area (Å²) in [6, 6.07) is 16.4. The number of rotatable bonds is 9. The summed E-state index contributed by atoms with van der Waals surface area (Å²) in [7, 11) is 1.56. The molecule has 0 amide bonds. The Morgan fingerprint density at radius 3 is 2.59 bits per heavy atom. The average Bonchev–Trinajstić information content (AvgIpc) is 3.24. The molecule has 1 aliphatic rings. The molecule has 4 aromatic rings. The van der Waals surface area contributed by atoms with Crippen molar-refractivity contribution in [1.82, 2.24) is 19.4 Å². The van der Waals surface area contributed by atoms with Crippen molar-refractivity contribution in [3.63, 3.8) is 0 Å². The number of Topliss-reactive ketones (excluding diaryl/α,β-unsaturated/α-hetero) is 1. The van der Waals surface area contributed by atoms with Crippen LogP contribution < -0.4 is 10.3 Å².